The number of hydrogen-bond donors (Lipinski definition) is 3. The average Bonchev–Trinajstić information content (AvgIpc) is 2.82. The Morgan fingerprint density at radius 3 is 2.85 bits per heavy atom. The van der Waals surface area contributed by atoms with Crippen LogP contribution in [-0.4, -0.2) is 28.0 Å². The number of aliphatic carboxylic acids is 1. The number of allylic oxidation sites excluding steroid dienone is 1. The molecule has 0 fully saturated rings. The molecule has 5 nitrogen and oxygen atoms in total. The Balaban J connectivity index is 2.20. The minimum atomic E-state index is -1.05. The third-order valence-electron chi connectivity index (χ3n) is 3.03. The monoisotopic (exact) mass is 272 g/mol. The number of fused-ring (bicyclic) bond motifs is 1. The summed E-state index contributed by atoms with van der Waals surface area (Å²) in [5, 5.41) is 12.7. The van der Waals surface area contributed by atoms with Gasteiger partial charge in [0.15, 0.2) is 0 Å². The minimum absolute atomic E-state index is 0.239. The second kappa shape index (κ2) is 6.06. The van der Waals surface area contributed by atoms with Crippen molar-refractivity contribution in [2.75, 3.05) is 0 Å². The maximum absolute atomic E-state index is 11.5. The number of carboxylic acids is 1. The van der Waals surface area contributed by atoms with Crippen LogP contribution < -0.4 is 5.32 Å². The molecule has 2 rings (SSSR count). The van der Waals surface area contributed by atoms with E-state index in [-0.39, 0.29) is 6.42 Å². The third-order valence-corrected chi connectivity index (χ3v) is 3.03. The molecular weight excluding hydrogens is 256 g/mol. The van der Waals surface area contributed by atoms with Crippen molar-refractivity contribution in [3.63, 3.8) is 0 Å². The van der Waals surface area contributed by atoms with Gasteiger partial charge in [-0.2, -0.15) is 0 Å². The van der Waals surface area contributed by atoms with Gasteiger partial charge in [0.1, 0.15) is 6.04 Å². The number of carboxylic acid groups (broad SMARTS) is 1. The molecule has 0 bridgehead atoms. The van der Waals surface area contributed by atoms with Crippen LogP contribution in [0.3, 0.4) is 0 Å². The highest BCUT2D eigenvalue weighted by Crippen LogP contribution is 2.19. The largest absolute Gasteiger partial charge is 0.480 e. The van der Waals surface area contributed by atoms with E-state index >= 15 is 0 Å². The molecule has 20 heavy (non-hydrogen) atoms. The van der Waals surface area contributed by atoms with Crippen LogP contribution in [0.4, 0.5) is 0 Å². The van der Waals surface area contributed by atoms with Crippen molar-refractivity contribution in [1.82, 2.24) is 10.3 Å². The minimum Gasteiger partial charge on any atom is -0.480 e. The molecule has 1 unspecified atom stereocenters. The van der Waals surface area contributed by atoms with Crippen LogP contribution in [0.15, 0.2) is 42.6 Å². The molecule has 0 spiro atoms. The van der Waals surface area contributed by atoms with Crippen molar-refractivity contribution in [3.05, 3.63) is 48.2 Å². The van der Waals surface area contributed by atoms with E-state index in [0.717, 1.165) is 16.5 Å². The van der Waals surface area contributed by atoms with Crippen molar-refractivity contribution in [2.45, 2.75) is 19.4 Å². The summed E-state index contributed by atoms with van der Waals surface area (Å²) in [5.74, 6) is -1.45. The summed E-state index contributed by atoms with van der Waals surface area (Å²) in [4.78, 5) is 25.8. The van der Waals surface area contributed by atoms with Crippen molar-refractivity contribution in [3.8, 4) is 0 Å². The van der Waals surface area contributed by atoms with Crippen LogP contribution in [0.25, 0.3) is 10.9 Å². The van der Waals surface area contributed by atoms with Gasteiger partial charge in [0.05, 0.1) is 0 Å². The topological polar surface area (TPSA) is 82.2 Å². The predicted octanol–water partition coefficient (Wildman–Crippen LogP) is 1.86. The number of para-hydroxylation sites is 1. The number of carbonyl (C=O) groups excluding carboxylic acids is 1. The molecule has 0 radical (unpaired) electrons. The van der Waals surface area contributed by atoms with Gasteiger partial charge in [-0.05, 0) is 24.6 Å². The van der Waals surface area contributed by atoms with Gasteiger partial charge in [-0.1, -0.05) is 24.3 Å². The predicted molar refractivity (Wildman–Crippen MR) is 76.4 cm³/mol. The summed E-state index contributed by atoms with van der Waals surface area (Å²) in [6.45, 7) is 1.70. The molecule has 1 atom stereocenters. The van der Waals surface area contributed by atoms with E-state index < -0.39 is 17.9 Å². The maximum Gasteiger partial charge on any atom is 0.326 e. The fourth-order valence-electron chi connectivity index (χ4n) is 2.09. The Bertz CT molecular complexity index is 658. The highest BCUT2D eigenvalue weighted by atomic mass is 16.4. The SMILES string of the molecule is C/C=C/C(=O)NC(Cc1c[nH]c2ccccc12)C(=O)O. The second-order valence-electron chi connectivity index (χ2n) is 4.46. The molecule has 104 valence electrons. The normalized spacial score (nSPS) is 12.7. The first-order valence-corrected chi connectivity index (χ1v) is 6.33. The van der Waals surface area contributed by atoms with Crippen LogP contribution in [0, 0.1) is 0 Å². The standard InChI is InChI=1S/C15H16N2O3/c1-2-5-14(18)17-13(15(19)20)8-10-9-16-12-7-4-3-6-11(10)12/h2-7,9,13,16H,8H2,1H3,(H,17,18)(H,19,20)/b5-2+. The van der Waals surface area contributed by atoms with Crippen LogP contribution in [-0.2, 0) is 16.0 Å². The number of aromatic nitrogens is 1. The highest BCUT2D eigenvalue weighted by Gasteiger charge is 2.20. The molecule has 1 aromatic carbocycles. The molecule has 0 saturated heterocycles. The molecule has 3 N–H and O–H groups in total. The van der Waals surface area contributed by atoms with E-state index in [1.54, 1.807) is 19.2 Å². The number of hydrogen-bond acceptors (Lipinski definition) is 2. The molecule has 0 aliphatic carbocycles. The van der Waals surface area contributed by atoms with Gasteiger partial charge in [0.2, 0.25) is 5.91 Å². The van der Waals surface area contributed by atoms with Gasteiger partial charge >= 0.3 is 5.97 Å². The summed E-state index contributed by atoms with van der Waals surface area (Å²) in [5.41, 5.74) is 1.82. The lowest BCUT2D eigenvalue weighted by Crippen LogP contribution is -2.41. The van der Waals surface area contributed by atoms with Crippen molar-refractivity contribution in [2.24, 2.45) is 0 Å². The van der Waals surface area contributed by atoms with Gasteiger partial charge in [-0.3, -0.25) is 4.79 Å². The fourth-order valence-corrected chi connectivity index (χ4v) is 2.09. The van der Waals surface area contributed by atoms with Crippen molar-refractivity contribution < 1.29 is 14.7 Å². The first-order chi connectivity index (χ1) is 9.61. The number of H-pyrrole nitrogens is 1. The van der Waals surface area contributed by atoms with Crippen LogP contribution in [0.2, 0.25) is 0 Å². The van der Waals surface area contributed by atoms with E-state index in [9.17, 15) is 14.7 Å². The third kappa shape index (κ3) is 3.06. The Hall–Kier alpha value is -2.56. The first-order valence-electron chi connectivity index (χ1n) is 6.33. The van der Waals surface area contributed by atoms with Gasteiger partial charge in [0.25, 0.3) is 0 Å². The number of carbonyl (C=O) groups is 2. The molecule has 1 aromatic heterocycles. The smallest absolute Gasteiger partial charge is 0.326 e. The lowest BCUT2D eigenvalue weighted by molar-refractivity contribution is -0.141. The van der Waals surface area contributed by atoms with E-state index in [2.05, 4.69) is 10.3 Å². The van der Waals surface area contributed by atoms with E-state index in [1.165, 1.54) is 6.08 Å². The van der Waals surface area contributed by atoms with Gasteiger partial charge < -0.3 is 15.4 Å². The lowest BCUT2D eigenvalue weighted by Gasteiger charge is -2.12. The van der Waals surface area contributed by atoms with E-state index in [0.29, 0.717) is 0 Å². The van der Waals surface area contributed by atoms with Gasteiger partial charge in [-0.25, -0.2) is 4.79 Å². The Morgan fingerprint density at radius 2 is 2.15 bits per heavy atom. The number of amides is 1. The Morgan fingerprint density at radius 1 is 1.40 bits per heavy atom. The van der Waals surface area contributed by atoms with Gasteiger partial charge in [-0.15, -0.1) is 0 Å². The van der Waals surface area contributed by atoms with Crippen LogP contribution in [0.1, 0.15) is 12.5 Å². The summed E-state index contributed by atoms with van der Waals surface area (Å²) < 4.78 is 0. The molecule has 1 heterocycles. The number of nitrogens with one attached hydrogen (secondary N) is 2. The molecular formula is C15H16N2O3. The lowest BCUT2D eigenvalue weighted by atomic mass is 10.0. The maximum atomic E-state index is 11.5. The number of aromatic amines is 1. The molecule has 0 aliphatic heterocycles. The highest BCUT2D eigenvalue weighted by molar-refractivity contribution is 5.91. The Labute approximate surface area is 116 Å². The first kappa shape index (κ1) is 13.9. The summed E-state index contributed by atoms with van der Waals surface area (Å²) in [6, 6.07) is 6.71. The van der Waals surface area contributed by atoms with E-state index in [4.69, 9.17) is 0 Å². The number of benzene rings is 1. The summed E-state index contributed by atoms with van der Waals surface area (Å²) >= 11 is 0. The van der Waals surface area contributed by atoms with Crippen LogP contribution in [0.5, 0.6) is 0 Å². The second-order valence-corrected chi connectivity index (χ2v) is 4.46. The van der Waals surface area contributed by atoms with E-state index in [1.807, 2.05) is 24.3 Å². The van der Waals surface area contributed by atoms with Crippen LogP contribution >= 0.6 is 0 Å². The summed E-state index contributed by atoms with van der Waals surface area (Å²) in [6.07, 6.45) is 4.90. The molecule has 2 aromatic rings. The zero-order valence-corrected chi connectivity index (χ0v) is 11.1. The molecule has 0 aliphatic rings. The zero-order valence-electron chi connectivity index (χ0n) is 11.1. The quantitative estimate of drug-likeness (QED) is 0.726. The fraction of sp³-hybridized carbons (Fsp3) is 0.200. The molecule has 5 heteroatoms. The number of rotatable bonds is 5. The van der Waals surface area contributed by atoms with Gasteiger partial charge in [0, 0.05) is 23.5 Å². The zero-order chi connectivity index (χ0) is 14.5. The summed E-state index contributed by atoms with van der Waals surface area (Å²) in [7, 11) is 0. The molecule has 1 amide bonds. The molecule has 0 saturated carbocycles. The van der Waals surface area contributed by atoms with Crippen molar-refractivity contribution in [1.29, 1.82) is 0 Å². The Kier molecular flexibility index (Phi) is 4.20. The van der Waals surface area contributed by atoms with Crippen molar-refractivity contribution >= 4 is 22.8 Å². The average molecular weight is 272 g/mol.